The molecule has 4 aromatic rings. The summed E-state index contributed by atoms with van der Waals surface area (Å²) in [5, 5.41) is 14.5. The third kappa shape index (κ3) is 4.31. The average Bonchev–Trinajstić information content (AvgIpc) is 3.56. The summed E-state index contributed by atoms with van der Waals surface area (Å²) in [6, 6.07) is 23.0. The number of nitrogens with zero attached hydrogens (tertiary/aromatic N) is 3. The van der Waals surface area contributed by atoms with Crippen LogP contribution in [-0.2, 0) is 13.0 Å². The van der Waals surface area contributed by atoms with Crippen molar-refractivity contribution in [2.75, 3.05) is 19.6 Å². The molecule has 0 radical (unpaired) electrons. The maximum atomic E-state index is 13.3. The highest BCUT2D eigenvalue weighted by atomic mass is 16.2. The van der Waals surface area contributed by atoms with E-state index in [-0.39, 0.29) is 18.0 Å². The lowest BCUT2D eigenvalue weighted by molar-refractivity contribution is 0.188. The van der Waals surface area contributed by atoms with E-state index < -0.39 is 0 Å². The summed E-state index contributed by atoms with van der Waals surface area (Å²) in [7, 11) is 0. The molecule has 2 aliphatic rings. The number of rotatable bonds is 4. The SMILES string of the molecule is O=C(N[C@@H]1CNC[C@H]1c1cccc(-c2ccccc2)c1)N1CCc2[nH]nc(-c3ccncc3)c2C1. The molecule has 7 heteroatoms. The van der Waals surface area contributed by atoms with Crippen LogP contribution in [0.15, 0.2) is 79.1 Å². The number of aromatic amines is 1. The molecule has 0 unspecified atom stereocenters. The van der Waals surface area contributed by atoms with E-state index in [1.807, 2.05) is 23.1 Å². The van der Waals surface area contributed by atoms with Crippen LogP contribution in [-0.4, -0.2) is 51.8 Å². The predicted octanol–water partition coefficient (Wildman–Crippen LogP) is 3.96. The van der Waals surface area contributed by atoms with Gasteiger partial charge in [0.15, 0.2) is 0 Å². The van der Waals surface area contributed by atoms with Gasteiger partial charge in [-0.3, -0.25) is 10.1 Å². The fourth-order valence-electron chi connectivity index (χ4n) is 5.23. The summed E-state index contributed by atoms with van der Waals surface area (Å²) < 4.78 is 0. The fraction of sp³-hybridized carbons (Fsp3) is 0.250. The van der Waals surface area contributed by atoms with Gasteiger partial charge in [0, 0.05) is 61.2 Å². The van der Waals surface area contributed by atoms with Crippen molar-refractivity contribution in [3.05, 3.63) is 95.9 Å². The molecule has 0 saturated carbocycles. The Balaban J connectivity index is 1.17. The van der Waals surface area contributed by atoms with Gasteiger partial charge in [0.2, 0.25) is 0 Å². The lowest BCUT2D eigenvalue weighted by Gasteiger charge is -2.30. The van der Waals surface area contributed by atoms with Crippen molar-refractivity contribution in [3.8, 4) is 22.4 Å². The molecule has 6 rings (SSSR count). The first-order valence-electron chi connectivity index (χ1n) is 12.1. The summed E-state index contributed by atoms with van der Waals surface area (Å²) >= 11 is 0. The number of nitrogens with one attached hydrogen (secondary N) is 3. The average molecular weight is 465 g/mol. The first-order chi connectivity index (χ1) is 17.3. The van der Waals surface area contributed by atoms with E-state index in [2.05, 4.69) is 74.3 Å². The molecular weight excluding hydrogens is 436 g/mol. The van der Waals surface area contributed by atoms with Gasteiger partial charge in [-0.25, -0.2) is 4.79 Å². The lowest BCUT2D eigenvalue weighted by atomic mass is 9.91. The Labute approximate surface area is 204 Å². The Hall–Kier alpha value is -3.97. The third-order valence-corrected chi connectivity index (χ3v) is 7.12. The second kappa shape index (κ2) is 9.35. The zero-order valence-corrected chi connectivity index (χ0v) is 19.4. The zero-order chi connectivity index (χ0) is 23.6. The van der Waals surface area contributed by atoms with Crippen LogP contribution in [0.5, 0.6) is 0 Å². The van der Waals surface area contributed by atoms with Gasteiger partial charge in [-0.05, 0) is 28.8 Å². The predicted molar refractivity (Wildman–Crippen MR) is 136 cm³/mol. The van der Waals surface area contributed by atoms with Gasteiger partial charge in [0.1, 0.15) is 0 Å². The van der Waals surface area contributed by atoms with E-state index in [0.717, 1.165) is 42.0 Å². The molecule has 2 amide bonds. The number of urea groups is 1. The van der Waals surface area contributed by atoms with E-state index >= 15 is 0 Å². The number of benzene rings is 2. The summed E-state index contributed by atoms with van der Waals surface area (Å²) in [6.45, 7) is 2.83. The zero-order valence-electron chi connectivity index (χ0n) is 19.4. The molecule has 7 nitrogen and oxygen atoms in total. The summed E-state index contributed by atoms with van der Waals surface area (Å²) in [4.78, 5) is 19.4. The van der Waals surface area contributed by atoms with Crippen LogP contribution in [0.1, 0.15) is 22.7 Å². The van der Waals surface area contributed by atoms with Crippen LogP contribution in [0.2, 0.25) is 0 Å². The number of pyridine rings is 1. The van der Waals surface area contributed by atoms with E-state index in [9.17, 15) is 4.79 Å². The van der Waals surface area contributed by atoms with Crippen LogP contribution in [0.3, 0.4) is 0 Å². The van der Waals surface area contributed by atoms with Crippen molar-refractivity contribution < 1.29 is 4.79 Å². The molecule has 0 spiro atoms. The van der Waals surface area contributed by atoms with E-state index in [0.29, 0.717) is 13.1 Å². The smallest absolute Gasteiger partial charge is 0.317 e. The number of fused-ring (bicyclic) bond motifs is 1. The van der Waals surface area contributed by atoms with Crippen LogP contribution >= 0.6 is 0 Å². The highest BCUT2D eigenvalue weighted by molar-refractivity contribution is 5.76. The number of amides is 2. The quantitative estimate of drug-likeness (QED) is 0.427. The number of H-pyrrole nitrogens is 1. The molecule has 0 bridgehead atoms. The Morgan fingerprint density at radius 3 is 2.63 bits per heavy atom. The number of carbonyl (C=O) groups excluding carboxylic acids is 1. The maximum absolute atomic E-state index is 13.3. The fourth-order valence-corrected chi connectivity index (χ4v) is 5.23. The first-order valence-corrected chi connectivity index (χ1v) is 12.1. The molecule has 2 atom stereocenters. The molecule has 2 aliphatic heterocycles. The second-order valence-corrected chi connectivity index (χ2v) is 9.25. The largest absolute Gasteiger partial charge is 0.333 e. The van der Waals surface area contributed by atoms with E-state index in [4.69, 9.17) is 0 Å². The van der Waals surface area contributed by atoms with Crippen LogP contribution in [0.25, 0.3) is 22.4 Å². The van der Waals surface area contributed by atoms with E-state index in [1.165, 1.54) is 16.7 Å². The minimum Gasteiger partial charge on any atom is -0.333 e. The minimum absolute atomic E-state index is 0.0181. The lowest BCUT2D eigenvalue weighted by Crippen LogP contribution is -2.48. The van der Waals surface area contributed by atoms with Crippen LogP contribution in [0.4, 0.5) is 4.79 Å². The van der Waals surface area contributed by atoms with Gasteiger partial charge >= 0.3 is 6.03 Å². The molecule has 1 saturated heterocycles. The van der Waals surface area contributed by atoms with Crippen molar-refractivity contribution >= 4 is 6.03 Å². The highest BCUT2D eigenvalue weighted by Crippen LogP contribution is 2.30. The van der Waals surface area contributed by atoms with Crippen molar-refractivity contribution in [1.29, 1.82) is 0 Å². The molecule has 1 fully saturated rings. The van der Waals surface area contributed by atoms with Gasteiger partial charge in [0.25, 0.3) is 0 Å². The highest BCUT2D eigenvalue weighted by Gasteiger charge is 2.32. The minimum atomic E-state index is -0.0181. The summed E-state index contributed by atoms with van der Waals surface area (Å²) in [6.07, 6.45) is 4.31. The molecule has 0 aliphatic carbocycles. The van der Waals surface area contributed by atoms with Crippen LogP contribution < -0.4 is 10.6 Å². The van der Waals surface area contributed by atoms with Crippen molar-refractivity contribution in [2.24, 2.45) is 0 Å². The topological polar surface area (TPSA) is 85.9 Å². The number of carbonyl (C=O) groups is 1. The van der Waals surface area contributed by atoms with Crippen molar-refractivity contribution in [3.63, 3.8) is 0 Å². The first kappa shape index (κ1) is 21.6. The maximum Gasteiger partial charge on any atom is 0.317 e. The van der Waals surface area contributed by atoms with Gasteiger partial charge in [0.05, 0.1) is 18.3 Å². The molecular formula is C28H28N6O. The Bertz CT molecular complexity index is 1320. The van der Waals surface area contributed by atoms with Crippen LogP contribution in [0, 0.1) is 0 Å². The normalized spacial score (nSPS) is 19.4. The summed E-state index contributed by atoms with van der Waals surface area (Å²) in [5.74, 6) is 0.226. The van der Waals surface area contributed by atoms with Gasteiger partial charge < -0.3 is 15.5 Å². The Morgan fingerprint density at radius 2 is 1.77 bits per heavy atom. The molecule has 2 aromatic heterocycles. The van der Waals surface area contributed by atoms with Crippen molar-refractivity contribution in [1.82, 2.24) is 30.7 Å². The Kier molecular flexibility index (Phi) is 5.76. The van der Waals surface area contributed by atoms with Crippen molar-refractivity contribution in [2.45, 2.75) is 24.9 Å². The summed E-state index contributed by atoms with van der Waals surface area (Å²) in [5.41, 5.74) is 7.77. The standard InChI is InChI=1S/C28H28N6O/c35-28(34-14-11-25-24(18-34)27(33-32-25)20-9-12-29-13-10-20)31-26-17-30-16-23(26)22-8-4-7-21(15-22)19-5-2-1-3-6-19/h1-10,12-13,15,23,26,30H,11,14,16-18H2,(H,31,35)(H,32,33)/t23-,26+/m0/s1. The molecule has 176 valence electrons. The van der Waals surface area contributed by atoms with Gasteiger partial charge in [-0.15, -0.1) is 0 Å². The van der Waals surface area contributed by atoms with Gasteiger partial charge in [-0.1, -0.05) is 54.6 Å². The molecule has 3 N–H and O–H groups in total. The molecule has 35 heavy (non-hydrogen) atoms. The third-order valence-electron chi connectivity index (χ3n) is 7.12. The number of aromatic nitrogens is 3. The number of hydrogen-bond acceptors (Lipinski definition) is 4. The molecule has 2 aromatic carbocycles. The second-order valence-electron chi connectivity index (χ2n) is 9.25. The molecule has 4 heterocycles. The monoisotopic (exact) mass is 464 g/mol. The number of hydrogen-bond donors (Lipinski definition) is 3. The van der Waals surface area contributed by atoms with E-state index in [1.54, 1.807) is 12.4 Å². The van der Waals surface area contributed by atoms with Gasteiger partial charge in [-0.2, -0.15) is 5.10 Å². The Morgan fingerprint density at radius 1 is 0.943 bits per heavy atom.